The highest BCUT2D eigenvalue weighted by Gasteiger charge is 2.19. The monoisotopic (exact) mass is 286 g/mol. The SMILES string of the molecule is CC(=O)NC(CS)C(=O)NC(C)Cc1cccs1. The molecule has 0 radical (unpaired) electrons. The summed E-state index contributed by atoms with van der Waals surface area (Å²) in [5, 5.41) is 7.46. The lowest BCUT2D eigenvalue weighted by molar-refractivity contribution is -0.127. The number of carbonyl (C=O) groups excluding carboxylic acids is 2. The van der Waals surface area contributed by atoms with Crippen LogP contribution in [0.2, 0.25) is 0 Å². The van der Waals surface area contributed by atoms with Crippen molar-refractivity contribution in [1.82, 2.24) is 10.6 Å². The molecule has 1 aromatic rings. The fourth-order valence-corrected chi connectivity index (χ4v) is 2.66. The van der Waals surface area contributed by atoms with Crippen LogP contribution >= 0.6 is 24.0 Å². The summed E-state index contributed by atoms with van der Waals surface area (Å²) in [5.41, 5.74) is 0. The second-order valence-corrected chi connectivity index (χ2v) is 5.53. The van der Waals surface area contributed by atoms with Crippen molar-refractivity contribution in [3.8, 4) is 0 Å². The van der Waals surface area contributed by atoms with Gasteiger partial charge < -0.3 is 10.6 Å². The summed E-state index contributed by atoms with van der Waals surface area (Å²) in [7, 11) is 0. The van der Waals surface area contributed by atoms with Crippen molar-refractivity contribution >= 4 is 35.8 Å². The molecule has 0 aliphatic heterocycles. The van der Waals surface area contributed by atoms with E-state index in [4.69, 9.17) is 0 Å². The van der Waals surface area contributed by atoms with Crippen LogP contribution in [-0.4, -0.2) is 29.7 Å². The van der Waals surface area contributed by atoms with Gasteiger partial charge in [0.1, 0.15) is 6.04 Å². The van der Waals surface area contributed by atoms with E-state index in [2.05, 4.69) is 23.3 Å². The van der Waals surface area contributed by atoms with E-state index >= 15 is 0 Å². The number of amides is 2. The predicted molar refractivity (Wildman–Crippen MR) is 77.1 cm³/mol. The average Bonchev–Trinajstić information content (AvgIpc) is 2.77. The van der Waals surface area contributed by atoms with Gasteiger partial charge in [0.2, 0.25) is 11.8 Å². The first-order valence-electron chi connectivity index (χ1n) is 5.73. The fourth-order valence-electron chi connectivity index (χ4n) is 1.56. The fraction of sp³-hybridized carbons (Fsp3) is 0.500. The van der Waals surface area contributed by atoms with Crippen molar-refractivity contribution in [3.63, 3.8) is 0 Å². The van der Waals surface area contributed by atoms with Crippen molar-refractivity contribution in [2.24, 2.45) is 0 Å². The van der Waals surface area contributed by atoms with Crippen molar-refractivity contribution < 1.29 is 9.59 Å². The summed E-state index contributed by atoms with van der Waals surface area (Å²) < 4.78 is 0. The van der Waals surface area contributed by atoms with Gasteiger partial charge in [0.05, 0.1) is 0 Å². The van der Waals surface area contributed by atoms with Gasteiger partial charge in [0.15, 0.2) is 0 Å². The highest BCUT2D eigenvalue weighted by Crippen LogP contribution is 2.10. The Labute approximate surface area is 117 Å². The van der Waals surface area contributed by atoms with Gasteiger partial charge in [-0.25, -0.2) is 0 Å². The van der Waals surface area contributed by atoms with Crippen molar-refractivity contribution in [3.05, 3.63) is 22.4 Å². The third-order valence-corrected chi connectivity index (χ3v) is 3.62. The number of hydrogen-bond donors (Lipinski definition) is 3. The Kier molecular flexibility index (Phi) is 6.21. The van der Waals surface area contributed by atoms with Gasteiger partial charge in [-0.1, -0.05) is 6.07 Å². The van der Waals surface area contributed by atoms with Crippen LogP contribution in [0.4, 0.5) is 0 Å². The largest absolute Gasteiger partial charge is 0.351 e. The molecule has 2 atom stereocenters. The molecule has 0 fully saturated rings. The Bertz CT molecular complexity index is 393. The zero-order valence-corrected chi connectivity index (χ0v) is 12.2. The molecule has 2 unspecified atom stereocenters. The molecule has 18 heavy (non-hydrogen) atoms. The van der Waals surface area contributed by atoms with Crippen LogP contribution in [-0.2, 0) is 16.0 Å². The summed E-state index contributed by atoms with van der Waals surface area (Å²) >= 11 is 5.73. The maximum absolute atomic E-state index is 11.9. The highest BCUT2D eigenvalue weighted by molar-refractivity contribution is 7.80. The van der Waals surface area contributed by atoms with Gasteiger partial charge in [-0.2, -0.15) is 12.6 Å². The number of thiophene rings is 1. The molecule has 0 spiro atoms. The van der Waals surface area contributed by atoms with E-state index in [1.165, 1.54) is 11.8 Å². The molecule has 100 valence electrons. The molecule has 0 aromatic carbocycles. The minimum atomic E-state index is -0.573. The first-order valence-corrected chi connectivity index (χ1v) is 7.25. The molecule has 0 saturated heterocycles. The lowest BCUT2D eigenvalue weighted by atomic mass is 10.2. The van der Waals surface area contributed by atoms with E-state index in [1.54, 1.807) is 11.3 Å². The van der Waals surface area contributed by atoms with Gasteiger partial charge >= 0.3 is 0 Å². The summed E-state index contributed by atoms with van der Waals surface area (Å²) in [6, 6.07) is 3.49. The first-order chi connectivity index (χ1) is 8.52. The molecule has 0 aliphatic rings. The number of nitrogens with one attached hydrogen (secondary N) is 2. The minimum Gasteiger partial charge on any atom is -0.351 e. The van der Waals surface area contributed by atoms with Crippen LogP contribution < -0.4 is 10.6 Å². The number of rotatable bonds is 6. The highest BCUT2D eigenvalue weighted by atomic mass is 32.1. The van der Waals surface area contributed by atoms with E-state index in [1.807, 2.05) is 24.4 Å². The standard InChI is InChI=1S/C12H18N2O2S2/c1-8(6-10-4-3-5-18-10)13-12(16)11(7-17)14-9(2)15/h3-5,8,11,17H,6-7H2,1-2H3,(H,13,16)(H,14,15). The van der Waals surface area contributed by atoms with E-state index in [9.17, 15) is 9.59 Å². The summed E-state index contributed by atoms with van der Waals surface area (Å²) in [5.74, 6) is -0.128. The molecule has 6 heteroatoms. The van der Waals surface area contributed by atoms with Gasteiger partial charge in [-0.05, 0) is 18.4 Å². The van der Waals surface area contributed by atoms with Crippen LogP contribution in [0.15, 0.2) is 17.5 Å². The predicted octanol–water partition coefficient (Wildman–Crippen LogP) is 1.23. The van der Waals surface area contributed by atoms with Crippen molar-refractivity contribution in [2.75, 3.05) is 5.75 Å². The minimum absolute atomic E-state index is 0.0345. The second kappa shape index (κ2) is 7.43. The smallest absolute Gasteiger partial charge is 0.243 e. The Balaban J connectivity index is 2.44. The average molecular weight is 286 g/mol. The van der Waals surface area contributed by atoms with E-state index < -0.39 is 6.04 Å². The lowest BCUT2D eigenvalue weighted by Gasteiger charge is -2.19. The molecule has 1 heterocycles. The molecule has 0 aliphatic carbocycles. The van der Waals surface area contributed by atoms with E-state index in [0.717, 1.165) is 6.42 Å². The maximum atomic E-state index is 11.9. The lowest BCUT2D eigenvalue weighted by Crippen LogP contribution is -2.49. The molecule has 0 bridgehead atoms. The molecular weight excluding hydrogens is 268 g/mol. The zero-order chi connectivity index (χ0) is 13.5. The Hall–Kier alpha value is -1.01. The molecule has 2 amide bonds. The topological polar surface area (TPSA) is 58.2 Å². The molecular formula is C12H18N2O2S2. The van der Waals surface area contributed by atoms with Gasteiger partial charge in [-0.15, -0.1) is 11.3 Å². The first kappa shape index (κ1) is 15.0. The van der Waals surface area contributed by atoms with Gasteiger partial charge in [0.25, 0.3) is 0 Å². The van der Waals surface area contributed by atoms with Gasteiger partial charge in [0, 0.05) is 30.0 Å². The van der Waals surface area contributed by atoms with E-state index in [0.29, 0.717) is 0 Å². The Morgan fingerprint density at radius 2 is 2.17 bits per heavy atom. The summed E-state index contributed by atoms with van der Waals surface area (Å²) in [4.78, 5) is 24.0. The summed E-state index contributed by atoms with van der Waals surface area (Å²) in [6.45, 7) is 3.33. The maximum Gasteiger partial charge on any atom is 0.243 e. The zero-order valence-electron chi connectivity index (χ0n) is 10.5. The van der Waals surface area contributed by atoms with Crippen LogP contribution in [0, 0.1) is 0 Å². The quantitative estimate of drug-likeness (QED) is 0.689. The Morgan fingerprint density at radius 3 is 2.67 bits per heavy atom. The van der Waals surface area contributed by atoms with Crippen LogP contribution in [0.25, 0.3) is 0 Å². The number of carbonyl (C=O) groups is 2. The molecule has 1 rings (SSSR count). The molecule has 4 nitrogen and oxygen atoms in total. The van der Waals surface area contributed by atoms with Crippen molar-refractivity contribution in [1.29, 1.82) is 0 Å². The van der Waals surface area contributed by atoms with Crippen LogP contribution in [0.3, 0.4) is 0 Å². The Morgan fingerprint density at radius 1 is 1.44 bits per heavy atom. The second-order valence-electron chi connectivity index (χ2n) is 4.13. The van der Waals surface area contributed by atoms with Crippen LogP contribution in [0.5, 0.6) is 0 Å². The third-order valence-electron chi connectivity index (χ3n) is 2.35. The number of hydrogen-bond acceptors (Lipinski definition) is 4. The third kappa shape index (κ3) is 5.10. The van der Waals surface area contributed by atoms with Crippen molar-refractivity contribution in [2.45, 2.75) is 32.4 Å². The van der Waals surface area contributed by atoms with Gasteiger partial charge in [-0.3, -0.25) is 9.59 Å². The number of thiol groups is 1. The summed E-state index contributed by atoms with van der Waals surface area (Å²) in [6.07, 6.45) is 0.794. The molecule has 0 saturated carbocycles. The molecule has 1 aromatic heterocycles. The normalized spacial score (nSPS) is 13.7. The molecule has 2 N–H and O–H groups in total. The van der Waals surface area contributed by atoms with E-state index in [-0.39, 0.29) is 23.6 Å². The van der Waals surface area contributed by atoms with Crippen LogP contribution in [0.1, 0.15) is 18.7 Å².